The molecule has 0 saturated carbocycles. The fourth-order valence-corrected chi connectivity index (χ4v) is 4.27. The average Bonchev–Trinajstić information content (AvgIpc) is 2.83. The summed E-state index contributed by atoms with van der Waals surface area (Å²) in [4.78, 5) is 24.7. The van der Waals surface area contributed by atoms with E-state index >= 15 is 0 Å². The number of benzene rings is 3. The maximum Gasteiger partial charge on any atom is 0.269 e. The fraction of sp³-hybridized carbons (Fsp3) is 0.200. The van der Waals surface area contributed by atoms with E-state index in [1.807, 2.05) is 6.92 Å². The highest BCUT2D eigenvalue weighted by atomic mass is 32.2. The van der Waals surface area contributed by atoms with E-state index in [-0.39, 0.29) is 22.0 Å². The van der Waals surface area contributed by atoms with Gasteiger partial charge in [0.1, 0.15) is 11.6 Å². The van der Waals surface area contributed by atoms with Crippen molar-refractivity contribution in [2.24, 2.45) is 5.92 Å². The summed E-state index contributed by atoms with van der Waals surface area (Å²) in [5.74, 6) is -1.32. The molecule has 10 heteroatoms. The van der Waals surface area contributed by atoms with Crippen molar-refractivity contribution in [1.29, 1.82) is 0 Å². The maximum atomic E-state index is 13.3. The van der Waals surface area contributed by atoms with Gasteiger partial charge in [-0.2, -0.15) is 0 Å². The zero-order valence-corrected chi connectivity index (χ0v) is 20.1. The molecule has 1 atom stereocenters. The van der Waals surface area contributed by atoms with Crippen LogP contribution in [0.5, 0.6) is 5.75 Å². The molecule has 2 amide bonds. The van der Waals surface area contributed by atoms with Crippen molar-refractivity contribution in [2.45, 2.75) is 25.2 Å². The normalized spacial score (nSPS) is 11.9. The van der Waals surface area contributed by atoms with Crippen molar-refractivity contribution in [3.63, 3.8) is 0 Å². The predicted molar refractivity (Wildman–Crippen MR) is 130 cm³/mol. The van der Waals surface area contributed by atoms with Crippen LogP contribution in [-0.2, 0) is 21.2 Å². The molecule has 0 saturated heterocycles. The minimum atomic E-state index is -3.82. The summed E-state index contributed by atoms with van der Waals surface area (Å²) >= 11 is 0. The zero-order valence-electron chi connectivity index (χ0n) is 19.2. The Morgan fingerprint density at radius 3 is 2.29 bits per heavy atom. The number of hydrogen-bond donors (Lipinski definition) is 3. The molecule has 0 aliphatic rings. The van der Waals surface area contributed by atoms with Crippen molar-refractivity contribution < 1.29 is 27.1 Å². The van der Waals surface area contributed by atoms with Crippen molar-refractivity contribution in [2.75, 3.05) is 11.3 Å². The van der Waals surface area contributed by atoms with Gasteiger partial charge in [0.05, 0.1) is 11.5 Å². The van der Waals surface area contributed by atoms with Gasteiger partial charge in [0.25, 0.3) is 15.9 Å². The van der Waals surface area contributed by atoms with Gasteiger partial charge < -0.3 is 4.74 Å². The van der Waals surface area contributed by atoms with Crippen LogP contribution in [0.3, 0.4) is 0 Å². The van der Waals surface area contributed by atoms with Crippen molar-refractivity contribution in [3.05, 3.63) is 89.7 Å². The number of rotatable bonds is 9. The highest BCUT2D eigenvalue weighted by Gasteiger charge is 2.17. The molecule has 0 aliphatic heterocycles. The van der Waals surface area contributed by atoms with Gasteiger partial charge in [-0.3, -0.25) is 25.2 Å². The lowest BCUT2D eigenvalue weighted by atomic mass is 10.0. The number of anilines is 1. The lowest BCUT2D eigenvalue weighted by molar-refractivity contribution is -0.125. The standard InChI is InChI=1S/C25H26FN3O5S/c1-3-34-22-11-13-23(14-12-22)35(32,33)29-21-9-7-19(8-10-21)25(31)28-27-24(30)17(2)15-18-5-4-6-20(26)16-18/h4-14,16-17,29H,3,15H2,1-2H3,(H,27,30)(H,28,31). The van der Waals surface area contributed by atoms with E-state index in [0.717, 1.165) is 0 Å². The third-order valence-corrected chi connectivity index (χ3v) is 6.42. The van der Waals surface area contributed by atoms with Gasteiger partial charge >= 0.3 is 0 Å². The molecule has 0 radical (unpaired) electrons. The SMILES string of the molecule is CCOc1ccc(S(=O)(=O)Nc2ccc(C(=O)NNC(=O)C(C)Cc3cccc(F)c3)cc2)cc1. The lowest BCUT2D eigenvalue weighted by Gasteiger charge is -2.13. The molecule has 3 aromatic rings. The van der Waals surface area contributed by atoms with Gasteiger partial charge in [-0.05, 0) is 79.6 Å². The Bertz CT molecular complexity index is 1280. The van der Waals surface area contributed by atoms with E-state index in [0.29, 0.717) is 24.3 Å². The summed E-state index contributed by atoms with van der Waals surface area (Å²) in [6.45, 7) is 3.97. The third-order valence-electron chi connectivity index (χ3n) is 5.02. The summed E-state index contributed by atoms with van der Waals surface area (Å²) in [5, 5.41) is 0. The smallest absolute Gasteiger partial charge is 0.269 e. The van der Waals surface area contributed by atoms with Crippen LogP contribution in [0.2, 0.25) is 0 Å². The second-order valence-corrected chi connectivity index (χ2v) is 9.45. The summed E-state index contributed by atoms with van der Waals surface area (Å²) in [6.07, 6.45) is 0.308. The molecule has 0 heterocycles. The summed E-state index contributed by atoms with van der Waals surface area (Å²) in [5.41, 5.74) is 5.82. The number of carbonyl (C=O) groups is 2. The number of nitrogens with one attached hydrogen (secondary N) is 3. The molecule has 184 valence electrons. The Kier molecular flexibility index (Phi) is 8.43. The highest BCUT2D eigenvalue weighted by molar-refractivity contribution is 7.92. The summed E-state index contributed by atoms with van der Waals surface area (Å²) in [7, 11) is -3.82. The largest absolute Gasteiger partial charge is 0.494 e. The van der Waals surface area contributed by atoms with Crippen LogP contribution in [0.15, 0.2) is 77.7 Å². The van der Waals surface area contributed by atoms with Crippen LogP contribution in [0, 0.1) is 11.7 Å². The molecule has 0 spiro atoms. The Hall–Kier alpha value is -3.92. The number of halogens is 1. The molecule has 3 aromatic carbocycles. The average molecular weight is 500 g/mol. The molecule has 0 fully saturated rings. The van der Waals surface area contributed by atoms with Crippen molar-refractivity contribution in [3.8, 4) is 5.75 Å². The van der Waals surface area contributed by atoms with E-state index in [4.69, 9.17) is 4.74 Å². The van der Waals surface area contributed by atoms with E-state index in [2.05, 4.69) is 15.6 Å². The maximum absolute atomic E-state index is 13.3. The minimum Gasteiger partial charge on any atom is -0.494 e. The van der Waals surface area contributed by atoms with Crippen LogP contribution in [0.25, 0.3) is 0 Å². The first kappa shape index (κ1) is 25.7. The molecule has 0 bridgehead atoms. The van der Waals surface area contributed by atoms with E-state index < -0.39 is 27.8 Å². The van der Waals surface area contributed by atoms with E-state index in [1.165, 1.54) is 48.5 Å². The molecule has 0 aliphatic carbocycles. The first-order valence-corrected chi connectivity index (χ1v) is 12.4. The summed E-state index contributed by atoms with van der Waals surface area (Å²) in [6, 6.07) is 17.7. The number of amides is 2. The van der Waals surface area contributed by atoms with Crippen LogP contribution >= 0.6 is 0 Å². The fourth-order valence-electron chi connectivity index (χ4n) is 3.21. The molecule has 8 nitrogen and oxygen atoms in total. The Balaban J connectivity index is 1.54. The molecule has 3 N–H and O–H groups in total. The summed E-state index contributed by atoms with van der Waals surface area (Å²) < 4.78 is 46.2. The van der Waals surface area contributed by atoms with E-state index in [1.54, 1.807) is 31.2 Å². The molecule has 35 heavy (non-hydrogen) atoms. The van der Waals surface area contributed by atoms with Gasteiger partial charge in [-0.25, -0.2) is 12.8 Å². The molecular weight excluding hydrogens is 473 g/mol. The second-order valence-electron chi connectivity index (χ2n) is 7.77. The molecule has 0 aromatic heterocycles. The highest BCUT2D eigenvalue weighted by Crippen LogP contribution is 2.20. The van der Waals surface area contributed by atoms with Crippen LogP contribution in [0.4, 0.5) is 10.1 Å². The van der Waals surface area contributed by atoms with Gasteiger partial charge in [-0.15, -0.1) is 0 Å². The van der Waals surface area contributed by atoms with E-state index in [9.17, 15) is 22.4 Å². The molecule has 1 unspecified atom stereocenters. The Labute approximate surface area is 203 Å². The van der Waals surface area contributed by atoms with Crippen molar-refractivity contribution in [1.82, 2.24) is 10.9 Å². The molecule has 3 rings (SSSR count). The Morgan fingerprint density at radius 1 is 0.971 bits per heavy atom. The Morgan fingerprint density at radius 2 is 1.66 bits per heavy atom. The van der Waals surface area contributed by atoms with Gasteiger partial charge in [0.2, 0.25) is 5.91 Å². The first-order chi connectivity index (χ1) is 16.7. The van der Waals surface area contributed by atoms with Crippen LogP contribution < -0.4 is 20.3 Å². The van der Waals surface area contributed by atoms with Gasteiger partial charge in [0.15, 0.2) is 0 Å². The quantitative estimate of drug-likeness (QED) is 0.389. The van der Waals surface area contributed by atoms with Gasteiger partial charge in [-0.1, -0.05) is 19.1 Å². The zero-order chi connectivity index (χ0) is 25.4. The topological polar surface area (TPSA) is 114 Å². The minimum absolute atomic E-state index is 0.0675. The van der Waals surface area contributed by atoms with Crippen LogP contribution in [-0.4, -0.2) is 26.8 Å². The van der Waals surface area contributed by atoms with Gasteiger partial charge in [0, 0.05) is 17.2 Å². The number of ether oxygens (including phenoxy) is 1. The third kappa shape index (κ3) is 7.28. The second kappa shape index (κ2) is 11.5. The number of carbonyl (C=O) groups excluding carboxylic acids is 2. The number of hydrogen-bond acceptors (Lipinski definition) is 5. The predicted octanol–water partition coefficient (Wildman–Crippen LogP) is 3.67. The monoisotopic (exact) mass is 499 g/mol. The van der Waals surface area contributed by atoms with Crippen molar-refractivity contribution >= 4 is 27.5 Å². The first-order valence-electron chi connectivity index (χ1n) is 10.9. The van der Waals surface area contributed by atoms with Crippen LogP contribution in [0.1, 0.15) is 29.8 Å². The number of hydrazine groups is 1. The lowest BCUT2D eigenvalue weighted by Crippen LogP contribution is -2.44. The molecular formula is C25H26FN3O5S. The number of sulfonamides is 1.